The third-order valence-corrected chi connectivity index (χ3v) is 4.26. The van der Waals surface area contributed by atoms with E-state index >= 15 is 0 Å². The van der Waals surface area contributed by atoms with Crippen LogP contribution in [0.1, 0.15) is 34.6 Å². The van der Waals surface area contributed by atoms with E-state index in [9.17, 15) is 4.79 Å². The predicted molar refractivity (Wildman–Crippen MR) is 88.5 cm³/mol. The van der Waals surface area contributed by atoms with Crippen molar-refractivity contribution < 1.29 is 9.32 Å². The Labute approximate surface area is 138 Å². The highest BCUT2D eigenvalue weighted by Gasteiger charge is 2.20. The second-order valence-corrected chi connectivity index (χ2v) is 5.92. The molecule has 2 aromatic heterocycles. The molecule has 0 unspecified atom stereocenters. The molecular formula is C17H16ClN3O2. The van der Waals surface area contributed by atoms with Crippen molar-refractivity contribution in [3.63, 3.8) is 0 Å². The average Bonchev–Trinajstić information content (AvgIpc) is 2.94. The van der Waals surface area contributed by atoms with Gasteiger partial charge in [-0.3, -0.25) is 4.79 Å². The number of hydrogen-bond donors (Lipinski definition) is 0. The molecule has 0 aliphatic carbocycles. The molecule has 6 heteroatoms. The van der Waals surface area contributed by atoms with E-state index in [2.05, 4.69) is 10.1 Å². The maximum atomic E-state index is 12.7. The molecule has 1 amide bonds. The van der Waals surface area contributed by atoms with Crippen molar-refractivity contribution in [1.29, 1.82) is 0 Å². The molecule has 0 aliphatic heterocycles. The maximum Gasteiger partial charge on any atom is 0.257 e. The average molecular weight is 330 g/mol. The number of carbonyl (C=O) groups is 1. The van der Waals surface area contributed by atoms with Gasteiger partial charge in [0.05, 0.1) is 22.7 Å². The zero-order chi connectivity index (χ0) is 16.6. The van der Waals surface area contributed by atoms with Crippen LogP contribution in [0.4, 0.5) is 0 Å². The van der Waals surface area contributed by atoms with Gasteiger partial charge in [-0.15, -0.1) is 0 Å². The number of hydrogen-bond acceptors (Lipinski definition) is 4. The topological polar surface area (TPSA) is 59.2 Å². The van der Waals surface area contributed by atoms with E-state index in [0.29, 0.717) is 16.3 Å². The first-order valence-electron chi connectivity index (χ1n) is 7.22. The second kappa shape index (κ2) is 6.01. The summed E-state index contributed by atoms with van der Waals surface area (Å²) in [6.07, 6.45) is 1.51. The van der Waals surface area contributed by atoms with Gasteiger partial charge in [0.1, 0.15) is 0 Å². The molecule has 0 fully saturated rings. The van der Waals surface area contributed by atoms with Crippen LogP contribution in [0.5, 0.6) is 0 Å². The normalized spacial score (nSPS) is 12.3. The molecule has 118 valence electrons. The van der Waals surface area contributed by atoms with Gasteiger partial charge in [-0.05, 0) is 37.6 Å². The van der Waals surface area contributed by atoms with Gasteiger partial charge in [0.25, 0.3) is 11.6 Å². The number of aromatic nitrogens is 2. The van der Waals surface area contributed by atoms with Crippen molar-refractivity contribution in [2.24, 2.45) is 0 Å². The number of amides is 1. The van der Waals surface area contributed by atoms with Gasteiger partial charge in [0.2, 0.25) is 0 Å². The Balaban J connectivity index is 1.88. The van der Waals surface area contributed by atoms with Gasteiger partial charge in [0, 0.05) is 18.3 Å². The van der Waals surface area contributed by atoms with Gasteiger partial charge >= 0.3 is 0 Å². The molecule has 2 heterocycles. The fourth-order valence-corrected chi connectivity index (χ4v) is 2.53. The minimum absolute atomic E-state index is 0.0842. The fraction of sp³-hybridized carbons (Fsp3) is 0.235. The second-order valence-electron chi connectivity index (χ2n) is 5.49. The summed E-state index contributed by atoms with van der Waals surface area (Å²) >= 11 is 5.91. The SMILES string of the molecule is Cc1noc2ncc(C(=O)N(C)[C@H](C)c3ccc(Cl)cc3)cc12. The van der Waals surface area contributed by atoms with E-state index in [4.69, 9.17) is 16.1 Å². The van der Waals surface area contributed by atoms with E-state index in [1.54, 1.807) is 18.0 Å². The van der Waals surface area contributed by atoms with Crippen molar-refractivity contribution >= 4 is 28.6 Å². The Kier molecular flexibility index (Phi) is 4.05. The summed E-state index contributed by atoms with van der Waals surface area (Å²) < 4.78 is 5.07. The summed E-state index contributed by atoms with van der Waals surface area (Å²) in [5, 5.41) is 5.28. The van der Waals surface area contributed by atoms with Crippen molar-refractivity contribution in [3.8, 4) is 0 Å². The third kappa shape index (κ3) is 2.92. The summed E-state index contributed by atoms with van der Waals surface area (Å²) in [5.74, 6) is -0.109. The van der Waals surface area contributed by atoms with Crippen LogP contribution in [0.3, 0.4) is 0 Å². The molecule has 23 heavy (non-hydrogen) atoms. The number of halogens is 1. The standard InChI is InChI=1S/C17H16ClN3O2/c1-10-15-8-13(9-19-16(15)23-20-10)17(22)21(3)11(2)12-4-6-14(18)7-5-12/h4-9,11H,1-3H3/t11-/m1/s1. The first-order chi connectivity index (χ1) is 11.0. The summed E-state index contributed by atoms with van der Waals surface area (Å²) in [6.45, 7) is 3.79. The molecule has 0 radical (unpaired) electrons. The number of carbonyl (C=O) groups excluding carboxylic acids is 1. The lowest BCUT2D eigenvalue weighted by molar-refractivity contribution is 0.0742. The third-order valence-electron chi connectivity index (χ3n) is 4.01. The van der Waals surface area contributed by atoms with E-state index in [0.717, 1.165) is 16.6 Å². The molecular weight excluding hydrogens is 314 g/mol. The molecule has 0 spiro atoms. The maximum absolute atomic E-state index is 12.7. The van der Waals surface area contributed by atoms with Crippen LogP contribution in [0.15, 0.2) is 41.1 Å². The Morgan fingerprint density at radius 1 is 1.30 bits per heavy atom. The highest BCUT2D eigenvalue weighted by Crippen LogP contribution is 2.23. The molecule has 5 nitrogen and oxygen atoms in total. The number of aryl methyl sites for hydroxylation is 1. The summed E-state index contributed by atoms with van der Waals surface area (Å²) in [4.78, 5) is 18.5. The molecule has 0 saturated heterocycles. The van der Waals surface area contributed by atoms with Gasteiger partial charge in [0.15, 0.2) is 0 Å². The molecule has 0 bridgehead atoms. The quantitative estimate of drug-likeness (QED) is 0.728. The first kappa shape index (κ1) is 15.5. The number of nitrogens with zero attached hydrogens (tertiary/aromatic N) is 3. The van der Waals surface area contributed by atoms with Crippen LogP contribution in [0, 0.1) is 6.92 Å². The minimum Gasteiger partial charge on any atom is -0.336 e. The van der Waals surface area contributed by atoms with Crippen LogP contribution in [0.25, 0.3) is 11.1 Å². The Morgan fingerprint density at radius 2 is 2.00 bits per heavy atom. The van der Waals surface area contributed by atoms with Crippen molar-refractivity contribution in [2.45, 2.75) is 19.9 Å². The highest BCUT2D eigenvalue weighted by molar-refractivity contribution is 6.30. The van der Waals surface area contributed by atoms with E-state index < -0.39 is 0 Å². The van der Waals surface area contributed by atoms with Crippen LogP contribution in [0.2, 0.25) is 5.02 Å². The molecule has 3 rings (SSSR count). The molecule has 1 atom stereocenters. The van der Waals surface area contributed by atoms with E-state index in [1.165, 1.54) is 6.20 Å². The van der Waals surface area contributed by atoms with Crippen molar-refractivity contribution in [2.75, 3.05) is 7.05 Å². The van der Waals surface area contributed by atoms with Crippen molar-refractivity contribution in [1.82, 2.24) is 15.0 Å². The molecule has 0 saturated carbocycles. The van der Waals surface area contributed by atoms with Gasteiger partial charge in [-0.1, -0.05) is 28.9 Å². The smallest absolute Gasteiger partial charge is 0.257 e. The Bertz CT molecular complexity index is 858. The largest absolute Gasteiger partial charge is 0.336 e. The number of fused-ring (bicyclic) bond motifs is 1. The Morgan fingerprint density at radius 3 is 2.70 bits per heavy atom. The zero-order valence-electron chi connectivity index (χ0n) is 13.1. The van der Waals surface area contributed by atoms with Gasteiger partial charge in [-0.25, -0.2) is 4.98 Å². The predicted octanol–water partition coefficient (Wildman–Crippen LogP) is 4.02. The number of pyridine rings is 1. The van der Waals surface area contributed by atoms with Crippen molar-refractivity contribution in [3.05, 3.63) is 58.4 Å². The monoisotopic (exact) mass is 329 g/mol. The molecule has 0 aliphatic rings. The fourth-order valence-electron chi connectivity index (χ4n) is 2.41. The van der Waals surface area contributed by atoms with E-state index in [-0.39, 0.29) is 11.9 Å². The molecule has 1 aromatic carbocycles. The number of benzene rings is 1. The Hall–Kier alpha value is -2.40. The lowest BCUT2D eigenvalue weighted by Gasteiger charge is -2.25. The first-order valence-corrected chi connectivity index (χ1v) is 7.60. The van der Waals surface area contributed by atoms with Crippen LogP contribution in [-0.4, -0.2) is 28.0 Å². The van der Waals surface area contributed by atoms with Gasteiger partial charge in [-0.2, -0.15) is 0 Å². The molecule has 3 aromatic rings. The van der Waals surface area contributed by atoms with E-state index in [1.807, 2.05) is 38.1 Å². The zero-order valence-corrected chi connectivity index (χ0v) is 13.8. The van der Waals surface area contributed by atoms with Crippen LogP contribution in [-0.2, 0) is 0 Å². The summed E-state index contributed by atoms with van der Waals surface area (Å²) in [7, 11) is 1.77. The van der Waals surface area contributed by atoms with Crippen LogP contribution >= 0.6 is 11.6 Å². The summed E-state index contributed by atoms with van der Waals surface area (Å²) in [6, 6.07) is 9.16. The minimum atomic E-state index is -0.109. The lowest BCUT2D eigenvalue weighted by Crippen LogP contribution is -2.29. The highest BCUT2D eigenvalue weighted by atomic mass is 35.5. The van der Waals surface area contributed by atoms with Gasteiger partial charge < -0.3 is 9.42 Å². The number of rotatable bonds is 3. The lowest BCUT2D eigenvalue weighted by atomic mass is 10.1. The summed E-state index contributed by atoms with van der Waals surface area (Å²) in [5.41, 5.74) is 2.68. The van der Waals surface area contributed by atoms with Crippen LogP contribution < -0.4 is 0 Å². The molecule has 0 N–H and O–H groups in total.